The monoisotopic (exact) mass is 173 g/mol. The number of H-pyrrole nitrogens is 1. The average molecular weight is 173 g/mol. The number of fused-ring (bicyclic) bond motifs is 3. The molecule has 0 atom stereocenters. The van der Waals surface area contributed by atoms with E-state index in [0.29, 0.717) is 0 Å². The number of rotatable bonds is 0. The second-order valence-electron chi connectivity index (χ2n) is 3.46. The fourth-order valence-corrected chi connectivity index (χ4v) is 2.00. The van der Waals surface area contributed by atoms with E-state index >= 15 is 0 Å². The topological polar surface area (TPSA) is 33.6 Å². The molecule has 1 N–H and O–H groups in total. The van der Waals surface area contributed by atoms with Crippen LogP contribution in [0.15, 0.2) is 24.5 Å². The molecule has 3 heterocycles. The van der Waals surface area contributed by atoms with E-state index in [1.54, 1.807) is 0 Å². The third-order valence-electron chi connectivity index (χ3n) is 2.65. The van der Waals surface area contributed by atoms with Crippen LogP contribution in [-0.4, -0.2) is 14.8 Å². The van der Waals surface area contributed by atoms with Gasteiger partial charge in [-0.3, -0.25) is 5.10 Å². The zero-order valence-electron chi connectivity index (χ0n) is 7.33. The van der Waals surface area contributed by atoms with Gasteiger partial charge in [-0.15, -0.1) is 0 Å². The Kier molecular flexibility index (Phi) is 1.33. The number of aromatic nitrogens is 3. The molecule has 0 fully saturated rings. The smallest absolute Gasteiger partial charge is 0.0846 e. The van der Waals surface area contributed by atoms with E-state index < -0.39 is 0 Å². The quantitative estimate of drug-likeness (QED) is 0.647. The van der Waals surface area contributed by atoms with Crippen LogP contribution in [0.5, 0.6) is 0 Å². The summed E-state index contributed by atoms with van der Waals surface area (Å²) in [5.74, 6) is 0. The molecule has 0 aliphatic carbocycles. The third-order valence-corrected chi connectivity index (χ3v) is 2.65. The van der Waals surface area contributed by atoms with Crippen molar-refractivity contribution in [3.05, 3.63) is 30.1 Å². The van der Waals surface area contributed by atoms with Gasteiger partial charge < -0.3 is 4.57 Å². The first kappa shape index (κ1) is 6.95. The van der Waals surface area contributed by atoms with Crippen LogP contribution in [0.3, 0.4) is 0 Å². The summed E-state index contributed by atoms with van der Waals surface area (Å²) in [6, 6.07) is 4.23. The molecule has 0 aromatic carbocycles. The molecular weight excluding hydrogens is 162 g/mol. The number of nitrogens with zero attached hydrogens (tertiary/aromatic N) is 2. The van der Waals surface area contributed by atoms with E-state index in [4.69, 9.17) is 0 Å². The zero-order valence-corrected chi connectivity index (χ0v) is 7.33. The maximum atomic E-state index is 4.09. The van der Waals surface area contributed by atoms with Gasteiger partial charge in [0.2, 0.25) is 0 Å². The molecule has 0 spiro atoms. The highest BCUT2D eigenvalue weighted by Gasteiger charge is 2.14. The lowest BCUT2D eigenvalue weighted by atomic mass is 10.1. The molecule has 3 nitrogen and oxygen atoms in total. The SMILES string of the molecule is c1cc2n(c1)CCCc1cn[nH]c1-2. The Morgan fingerprint density at radius 1 is 1.46 bits per heavy atom. The Bertz CT molecular complexity index is 385. The first-order valence-electron chi connectivity index (χ1n) is 4.63. The second-order valence-corrected chi connectivity index (χ2v) is 3.46. The van der Waals surface area contributed by atoms with Crippen LogP contribution in [-0.2, 0) is 13.0 Å². The molecule has 2 aromatic heterocycles. The van der Waals surface area contributed by atoms with Crippen molar-refractivity contribution in [3.8, 4) is 11.4 Å². The molecule has 0 radical (unpaired) electrons. The van der Waals surface area contributed by atoms with Gasteiger partial charge >= 0.3 is 0 Å². The summed E-state index contributed by atoms with van der Waals surface area (Å²) >= 11 is 0. The minimum Gasteiger partial charge on any atom is -0.346 e. The molecule has 2 aromatic rings. The third kappa shape index (κ3) is 0.932. The first-order chi connectivity index (χ1) is 6.45. The Labute approximate surface area is 76.4 Å². The van der Waals surface area contributed by atoms with E-state index in [-0.39, 0.29) is 0 Å². The molecule has 0 unspecified atom stereocenters. The highest BCUT2D eigenvalue weighted by Crippen LogP contribution is 2.26. The van der Waals surface area contributed by atoms with E-state index in [2.05, 4.69) is 33.1 Å². The van der Waals surface area contributed by atoms with Crippen LogP contribution < -0.4 is 0 Å². The zero-order chi connectivity index (χ0) is 8.67. The summed E-state index contributed by atoms with van der Waals surface area (Å²) in [6.07, 6.45) is 6.41. The fourth-order valence-electron chi connectivity index (χ4n) is 2.00. The van der Waals surface area contributed by atoms with E-state index in [1.165, 1.54) is 23.4 Å². The van der Waals surface area contributed by atoms with Gasteiger partial charge in [0.1, 0.15) is 0 Å². The Morgan fingerprint density at radius 3 is 3.46 bits per heavy atom. The average Bonchev–Trinajstić information content (AvgIpc) is 2.72. The van der Waals surface area contributed by atoms with Crippen molar-refractivity contribution < 1.29 is 0 Å². The minimum atomic E-state index is 1.12. The van der Waals surface area contributed by atoms with E-state index in [0.717, 1.165) is 13.0 Å². The molecule has 1 aliphatic rings. The Morgan fingerprint density at radius 2 is 2.46 bits per heavy atom. The van der Waals surface area contributed by atoms with Gasteiger partial charge in [0.25, 0.3) is 0 Å². The van der Waals surface area contributed by atoms with Gasteiger partial charge in [-0.25, -0.2) is 0 Å². The Balaban J connectivity index is 2.27. The van der Waals surface area contributed by atoms with Crippen molar-refractivity contribution in [3.63, 3.8) is 0 Å². The highest BCUT2D eigenvalue weighted by atomic mass is 15.1. The molecule has 0 amide bonds. The van der Waals surface area contributed by atoms with Crippen LogP contribution in [0.2, 0.25) is 0 Å². The van der Waals surface area contributed by atoms with Crippen molar-refractivity contribution in [2.24, 2.45) is 0 Å². The molecule has 0 saturated heterocycles. The lowest BCUT2D eigenvalue weighted by Crippen LogP contribution is -1.95. The maximum Gasteiger partial charge on any atom is 0.0846 e. The molecule has 3 heteroatoms. The van der Waals surface area contributed by atoms with Crippen LogP contribution in [0.4, 0.5) is 0 Å². The molecular formula is C10H11N3. The predicted molar refractivity (Wildman–Crippen MR) is 50.3 cm³/mol. The largest absolute Gasteiger partial charge is 0.346 e. The molecule has 13 heavy (non-hydrogen) atoms. The van der Waals surface area contributed by atoms with Gasteiger partial charge in [-0.05, 0) is 30.5 Å². The van der Waals surface area contributed by atoms with Gasteiger partial charge in [0, 0.05) is 12.7 Å². The van der Waals surface area contributed by atoms with Crippen LogP contribution in [0.25, 0.3) is 11.4 Å². The summed E-state index contributed by atoms with van der Waals surface area (Å²) in [6.45, 7) is 1.12. The number of aromatic amines is 1. The maximum absolute atomic E-state index is 4.09. The van der Waals surface area contributed by atoms with Crippen molar-refractivity contribution in [1.29, 1.82) is 0 Å². The van der Waals surface area contributed by atoms with Crippen LogP contribution in [0, 0.1) is 0 Å². The van der Waals surface area contributed by atoms with Gasteiger partial charge in [-0.2, -0.15) is 5.10 Å². The fraction of sp³-hybridized carbons (Fsp3) is 0.300. The number of aryl methyl sites for hydroxylation is 2. The molecule has 0 bridgehead atoms. The standard InChI is InChI=1S/C10H11N3/c1-3-8-7-11-12-10(8)9-4-2-6-13(9)5-1/h2,4,6-7H,1,3,5H2,(H,11,12). The summed E-state index contributed by atoms with van der Waals surface area (Å²) in [5.41, 5.74) is 3.81. The second kappa shape index (κ2) is 2.49. The van der Waals surface area contributed by atoms with E-state index in [1.807, 2.05) is 6.20 Å². The van der Waals surface area contributed by atoms with Crippen LogP contribution in [0.1, 0.15) is 12.0 Å². The molecule has 1 aliphatic heterocycles. The van der Waals surface area contributed by atoms with Crippen LogP contribution >= 0.6 is 0 Å². The van der Waals surface area contributed by atoms with Crippen molar-refractivity contribution in [2.75, 3.05) is 0 Å². The van der Waals surface area contributed by atoms with E-state index in [9.17, 15) is 0 Å². The molecule has 66 valence electrons. The van der Waals surface area contributed by atoms with Gasteiger partial charge in [0.05, 0.1) is 17.6 Å². The first-order valence-corrected chi connectivity index (χ1v) is 4.63. The van der Waals surface area contributed by atoms with Crippen molar-refractivity contribution in [1.82, 2.24) is 14.8 Å². The number of nitrogens with one attached hydrogen (secondary N) is 1. The minimum absolute atomic E-state index is 1.12. The summed E-state index contributed by atoms with van der Waals surface area (Å²) in [5, 5.41) is 7.15. The van der Waals surface area contributed by atoms with Crippen molar-refractivity contribution in [2.45, 2.75) is 19.4 Å². The summed E-state index contributed by atoms with van der Waals surface area (Å²) in [4.78, 5) is 0. The Hall–Kier alpha value is -1.51. The predicted octanol–water partition coefficient (Wildman–Crippen LogP) is 1.82. The summed E-state index contributed by atoms with van der Waals surface area (Å²) in [7, 11) is 0. The summed E-state index contributed by atoms with van der Waals surface area (Å²) < 4.78 is 2.28. The number of hydrogen-bond donors (Lipinski definition) is 1. The lowest BCUT2D eigenvalue weighted by Gasteiger charge is -2.02. The molecule has 3 rings (SSSR count). The van der Waals surface area contributed by atoms with Gasteiger partial charge in [-0.1, -0.05) is 0 Å². The normalized spacial score (nSPS) is 14.8. The number of hydrogen-bond acceptors (Lipinski definition) is 1. The lowest BCUT2D eigenvalue weighted by molar-refractivity contribution is 0.662. The van der Waals surface area contributed by atoms with Gasteiger partial charge in [0.15, 0.2) is 0 Å². The highest BCUT2D eigenvalue weighted by molar-refractivity contribution is 5.59. The molecule has 0 saturated carbocycles. The van der Waals surface area contributed by atoms with Crippen molar-refractivity contribution >= 4 is 0 Å².